The summed E-state index contributed by atoms with van der Waals surface area (Å²) in [7, 11) is -3.64. The summed E-state index contributed by atoms with van der Waals surface area (Å²) < 4.78 is 33.1. The van der Waals surface area contributed by atoms with Gasteiger partial charge in [-0.3, -0.25) is 4.98 Å². The lowest BCUT2D eigenvalue weighted by molar-refractivity contribution is 0.0722. The summed E-state index contributed by atoms with van der Waals surface area (Å²) >= 11 is 6.02. The summed E-state index contributed by atoms with van der Waals surface area (Å²) in [5.41, 5.74) is 1.26. The molecule has 0 atom stereocenters. The maximum atomic E-state index is 13.0. The van der Waals surface area contributed by atoms with Crippen molar-refractivity contribution in [3.8, 4) is 5.88 Å². The van der Waals surface area contributed by atoms with Crippen molar-refractivity contribution >= 4 is 32.5 Å². The second-order valence-corrected chi connectivity index (χ2v) is 8.45. The van der Waals surface area contributed by atoms with Crippen molar-refractivity contribution in [1.29, 1.82) is 0 Å². The maximum Gasteiger partial charge on any atom is 0.245 e. The van der Waals surface area contributed by atoms with Gasteiger partial charge in [0.1, 0.15) is 16.0 Å². The van der Waals surface area contributed by atoms with E-state index in [4.69, 9.17) is 16.3 Å². The van der Waals surface area contributed by atoms with Gasteiger partial charge in [0, 0.05) is 17.3 Å². The summed E-state index contributed by atoms with van der Waals surface area (Å²) in [6.07, 6.45) is 1.31. The van der Waals surface area contributed by atoms with E-state index >= 15 is 0 Å². The Kier molecular flexibility index (Phi) is 4.30. The minimum atomic E-state index is -3.64. The van der Waals surface area contributed by atoms with Crippen LogP contribution >= 0.6 is 11.6 Å². The fourth-order valence-electron chi connectivity index (χ4n) is 2.85. The summed E-state index contributed by atoms with van der Waals surface area (Å²) in [6.45, 7) is 2.34. The molecule has 4 rings (SSSR count). The molecule has 0 N–H and O–H groups in total. The Morgan fingerprint density at radius 3 is 2.73 bits per heavy atom. The molecule has 0 radical (unpaired) electrons. The predicted molar refractivity (Wildman–Crippen MR) is 98.9 cm³/mol. The molecule has 2 aromatic heterocycles. The number of halogens is 1. The number of fused-ring (bicyclic) bond motifs is 1. The smallest absolute Gasteiger partial charge is 0.245 e. The molecular formula is C18H16ClN3O3S. The highest BCUT2D eigenvalue weighted by molar-refractivity contribution is 7.89. The van der Waals surface area contributed by atoms with E-state index in [1.54, 1.807) is 30.5 Å². The minimum absolute atomic E-state index is 0.216. The van der Waals surface area contributed by atoms with E-state index in [2.05, 4.69) is 9.97 Å². The summed E-state index contributed by atoms with van der Waals surface area (Å²) in [4.78, 5) is 8.70. The number of hydrogen-bond donors (Lipinski definition) is 0. The highest BCUT2D eigenvalue weighted by Gasteiger charge is 2.39. The van der Waals surface area contributed by atoms with Gasteiger partial charge in [-0.2, -0.15) is 4.31 Å². The number of nitrogens with zero attached hydrogens (tertiary/aromatic N) is 3. The lowest BCUT2D eigenvalue weighted by Crippen LogP contribution is -2.56. The van der Waals surface area contributed by atoms with E-state index in [0.29, 0.717) is 16.4 Å². The second-order valence-electron chi connectivity index (χ2n) is 6.13. The number of para-hydroxylation sites is 1. The highest BCUT2D eigenvalue weighted by Crippen LogP contribution is 2.30. The van der Waals surface area contributed by atoms with Crippen molar-refractivity contribution in [2.24, 2.45) is 0 Å². The van der Waals surface area contributed by atoms with E-state index in [-0.39, 0.29) is 24.1 Å². The monoisotopic (exact) mass is 389 g/mol. The average Bonchev–Trinajstić information content (AvgIpc) is 2.58. The van der Waals surface area contributed by atoms with Crippen LogP contribution in [-0.4, -0.2) is 41.9 Å². The third-order valence-electron chi connectivity index (χ3n) is 4.26. The predicted octanol–water partition coefficient (Wildman–Crippen LogP) is 3.04. The topological polar surface area (TPSA) is 72.4 Å². The number of ether oxygens (including phenoxy) is 1. The van der Waals surface area contributed by atoms with Gasteiger partial charge < -0.3 is 4.74 Å². The van der Waals surface area contributed by atoms with Crippen molar-refractivity contribution in [2.45, 2.75) is 17.9 Å². The molecule has 0 spiro atoms. The highest BCUT2D eigenvalue weighted by atomic mass is 35.5. The van der Waals surface area contributed by atoms with Crippen LogP contribution in [0.1, 0.15) is 5.69 Å². The Morgan fingerprint density at radius 2 is 1.96 bits per heavy atom. The zero-order valence-corrected chi connectivity index (χ0v) is 15.5. The molecule has 1 saturated heterocycles. The van der Waals surface area contributed by atoms with E-state index in [9.17, 15) is 8.42 Å². The van der Waals surface area contributed by atoms with Crippen LogP contribution in [-0.2, 0) is 10.0 Å². The average molecular weight is 390 g/mol. The Hall–Kier alpha value is -2.22. The molecule has 0 unspecified atom stereocenters. The van der Waals surface area contributed by atoms with Crippen LogP contribution in [0.2, 0.25) is 5.02 Å². The van der Waals surface area contributed by atoms with Crippen molar-refractivity contribution in [1.82, 2.24) is 14.3 Å². The Balaban J connectivity index is 1.56. The zero-order chi connectivity index (χ0) is 18.3. The van der Waals surface area contributed by atoms with Gasteiger partial charge in [0.2, 0.25) is 15.9 Å². The van der Waals surface area contributed by atoms with Gasteiger partial charge in [-0.25, -0.2) is 13.4 Å². The lowest BCUT2D eigenvalue weighted by Gasteiger charge is -2.37. The molecule has 1 fully saturated rings. The Morgan fingerprint density at radius 1 is 1.15 bits per heavy atom. The number of pyridine rings is 2. The van der Waals surface area contributed by atoms with Crippen molar-refractivity contribution in [3.05, 3.63) is 59.4 Å². The molecule has 1 aliphatic heterocycles. The lowest BCUT2D eigenvalue weighted by atomic mass is 10.2. The fourth-order valence-corrected chi connectivity index (χ4v) is 4.68. The molecule has 0 amide bonds. The summed E-state index contributed by atoms with van der Waals surface area (Å²) in [5.74, 6) is 0.318. The van der Waals surface area contributed by atoms with E-state index < -0.39 is 10.0 Å². The van der Waals surface area contributed by atoms with Crippen molar-refractivity contribution in [2.75, 3.05) is 13.1 Å². The summed E-state index contributed by atoms with van der Waals surface area (Å²) in [6, 6.07) is 12.3. The second kappa shape index (κ2) is 6.50. The molecular weight excluding hydrogens is 374 g/mol. The standard InChI is InChI=1S/C18H16ClN3O3S/c1-12-7-8-13-4-2-6-16(17(13)21-12)26(23,24)22-10-14(11-22)25-18-15(19)5-3-9-20-18/h2-9,14H,10-11H2,1H3. The number of rotatable bonds is 4. The fraction of sp³-hybridized carbons (Fsp3) is 0.222. The molecule has 1 aromatic carbocycles. The van der Waals surface area contributed by atoms with Crippen molar-refractivity contribution < 1.29 is 13.2 Å². The summed E-state index contributed by atoms with van der Waals surface area (Å²) in [5, 5.41) is 1.20. The van der Waals surface area contributed by atoms with Crippen molar-refractivity contribution in [3.63, 3.8) is 0 Å². The van der Waals surface area contributed by atoms with Gasteiger partial charge in [0.25, 0.3) is 0 Å². The molecule has 26 heavy (non-hydrogen) atoms. The molecule has 0 bridgehead atoms. The van der Waals surface area contributed by atoms with Crippen LogP contribution in [0.15, 0.2) is 53.6 Å². The van der Waals surface area contributed by atoms with Crippen LogP contribution in [0.3, 0.4) is 0 Å². The van der Waals surface area contributed by atoms with Crippen LogP contribution in [0.5, 0.6) is 5.88 Å². The van der Waals surface area contributed by atoms with Gasteiger partial charge in [-0.15, -0.1) is 0 Å². The maximum absolute atomic E-state index is 13.0. The minimum Gasteiger partial charge on any atom is -0.470 e. The first-order chi connectivity index (χ1) is 12.4. The van der Waals surface area contributed by atoms with Gasteiger partial charge in [0.05, 0.1) is 18.6 Å². The van der Waals surface area contributed by atoms with Gasteiger partial charge in [-0.05, 0) is 31.2 Å². The van der Waals surface area contributed by atoms with Crippen LogP contribution in [0.25, 0.3) is 10.9 Å². The number of sulfonamides is 1. The van der Waals surface area contributed by atoms with E-state index in [1.165, 1.54) is 4.31 Å². The number of hydrogen-bond acceptors (Lipinski definition) is 5. The van der Waals surface area contributed by atoms with Gasteiger partial charge in [0.15, 0.2) is 0 Å². The van der Waals surface area contributed by atoms with Gasteiger partial charge >= 0.3 is 0 Å². The number of aryl methyl sites for hydroxylation is 1. The zero-order valence-electron chi connectivity index (χ0n) is 14.0. The third-order valence-corrected chi connectivity index (χ3v) is 6.41. The third kappa shape index (κ3) is 3.02. The number of benzene rings is 1. The van der Waals surface area contributed by atoms with Crippen LogP contribution < -0.4 is 4.74 Å². The molecule has 3 heterocycles. The molecule has 8 heteroatoms. The Bertz CT molecular complexity index is 1080. The SMILES string of the molecule is Cc1ccc2cccc(S(=O)(=O)N3CC(Oc4ncccc4Cl)C3)c2n1. The van der Waals surface area contributed by atoms with E-state index in [1.807, 2.05) is 25.1 Å². The molecule has 134 valence electrons. The quantitative estimate of drug-likeness (QED) is 0.685. The Labute approximate surface area is 156 Å². The molecule has 1 aliphatic rings. The largest absolute Gasteiger partial charge is 0.470 e. The number of aromatic nitrogens is 2. The molecule has 0 aliphatic carbocycles. The molecule has 6 nitrogen and oxygen atoms in total. The van der Waals surface area contributed by atoms with Crippen LogP contribution in [0.4, 0.5) is 0 Å². The van der Waals surface area contributed by atoms with Gasteiger partial charge in [-0.1, -0.05) is 29.8 Å². The normalized spacial score (nSPS) is 15.8. The first-order valence-corrected chi connectivity index (χ1v) is 9.90. The van der Waals surface area contributed by atoms with Crippen LogP contribution in [0, 0.1) is 6.92 Å². The molecule has 0 saturated carbocycles. The first-order valence-electron chi connectivity index (χ1n) is 8.09. The first kappa shape index (κ1) is 17.2. The molecule has 3 aromatic rings. The van der Waals surface area contributed by atoms with E-state index in [0.717, 1.165) is 11.1 Å².